The third-order valence-electron chi connectivity index (χ3n) is 4.34. The molecule has 5 heteroatoms. The lowest BCUT2D eigenvalue weighted by atomic mass is 9.80. The van der Waals surface area contributed by atoms with Crippen molar-refractivity contribution in [1.82, 2.24) is 9.78 Å². The second-order valence-corrected chi connectivity index (χ2v) is 5.49. The SMILES string of the molecule is COC(=O)C1CC(n2cc(C3CCOCC3)cn2)C1. The summed E-state index contributed by atoms with van der Waals surface area (Å²) in [6.07, 6.45) is 7.99. The number of methoxy groups -OCH3 is 1. The van der Waals surface area contributed by atoms with Crippen molar-refractivity contribution in [2.45, 2.75) is 37.6 Å². The van der Waals surface area contributed by atoms with Crippen LogP contribution < -0.4 is 0 Å². The van der Waals surface area contributed by atoms with Crippen LogP contribution in [-0.4, -0.2) is 36.1 Å². The van der Waals surface area contributed by atoms with Crippen molar-refractivity contribution in [2.75, 3.05) is 20.3 Å². The van der Waals surface area contributed by atoms with E-state index in [1.807, 2.05) is 10.9 Å². The molecule has 1 saturated carbocycles. The highest BCUT2D eigenvalue weighted by Gasteiger charge is 2.37. The van der Waals surface area contributed by atoms with E-state index >= 15 is 0 Å². The minimum absolute atomic E-state index is 0.0609. The quantitative estimate of drug-likeness (QED) is 0.782. The number of carbonyl (C=O) groups excluding carboxylic acids is 1. The largest absolute Gasteiger partial charge is 0.469 e. The second-order valence-electron chi connectivity index (χ2n) is 5.49. The number of rotatable bonds is 3. The highest BCUT2D eigenvalue weighted by Crippen LogP contribution is 2.38. The molecular formula is C14H20N2O3. The Labute approximate surface area is 112 Å². The van der Waals surface area contributed by atoms with Crippen LogP contribution in [0.3, 0.4) is 0 Å². The van der Waals surface area contributed by atoms with Crippen LogP contribution >= 0.6 is 0 Å². The summed E-state index contributed by atoms with van der Waals surface area (Å²) in [7, 11) is 1.45. The molecule has 0 N–H and O–H groups in total. The molecule has 104 valence electrons. The first-order chi connectivity index (χ1) is 9.28. The summed E-state index contributed by atoms with van der Waals surface area (Å²) in [4.78, 5) is 11.4. The minimum atomic E-state index is -0.0898. The molecule has 0 amide bonds. The Morgan fingerprint density at radius 1 is 1.42 bits per heavy atom. The van der Waals surface area contributed by atoms with Crippen LogP contribution in [-0.2, 0) is 14.3 Å². The zero-order valence-electron chi connectivity index (χ0n) is 11.2. The Morgan fingerprint density at radius 2 is 2.16 bits per heavy atom. The average molecular weight is 264 g/mol. The molecule has 1 aromatic heterocycles. The monoisotopic (exact) mass is 264 g/mol. The highest BCUT2D eigenvalue weighted by atomic mass is 16.5. The predicted molar refractivity (Wildman–Crippen MR) is 68.8 cm³/mol. The fourth-order valence-electron chi connectivity index (χ4n) is 2.96. The second kappa shape index (κ2) is 5.33. The molecule has 0 bridgehead atoms. The Bertz CT molecular complexity index is 445. The molecule has 1 aromatic rings. The lowest BCUT2D eigenvalue weighted by molar-refractivity contribution is -0.149. The normalized spacial score (nSPS) is 27.8. The Hall–Kier alpha value is -1.36. The summed E-state index contributed by atoms with van der Waals surface area (Å²) in [5.74, 6) is 0.553. The van der Waals surface area contributed by atoms with E-state index < -0.39 is 0 Å². The van der Waals surface area contributed by atoms with E-state index in [9.17, 15) is 4.79 Å². The van der Waals surface area contributed by atoms with Crippen molar-refractivity contribution in [3.63, 3.8) is 0 Å². The average Bonchev–Trinajstić information content (AvgIpc) is 2.87. The van der Waals surface area contributed by atoms with Gasteiger partial charge in [0.25, 0.3) is 0 Å². The molecule has 0 radical (unpaired) electrons. The summed E-state index contributed by atoms with van der Waals surface area (Å²) in [6, 6.07) is 0.359. The molecule has 0 unspecified atom stereocenters. The molecule has 2 fully saturated rings. The molecule has 19 heavy (non-hydrogen) atoms. The van der Waals surface area contributed by atoms with Crippen molar-refractivity contribution in [3.8, 4) is 0 Å². The lowest BCUT2D eigenvalue weighted by Gasteiger charge is -2.33. The molecule has 0 aromatic carbocycles. The van der Waals surface area contributed by atoms with Gasteiger partial charge in [-0.05, 0) is 37.2 Å². The van der Waals surface area contributed by atoms with E-state index in [1.54, 1.807) is 0 Å². The van der Waals surface area contributed by atoms with Gasteiger partial charge in [0.1, 0.15) is 0 Å². The van der Waals surface area contributed by atoms with Crippen LogP contribution in [0.4, 0.5) is 0 Å². The van der Waals surface area contributed by atoms with Crippen molar-refractivity contribution < 1.29 is 14.3 Å². The van der Waals surface area contributed by atoms with E-state index in [-0.39, 0.29) is 11.9 Å². The molecule has 5 nitrogen and oxygen atoms in total. The third kappa shape index (κ3) is 2.52. The van der Waals surface area contributed by atoms with Gasteiger partial charge in [0.2, 0.25) is 0 Å². The molecule has 3 rings (SSSR count). The minimum Gasteiger partial charge on any atom is -0.469 e. The van der Waals surface area contributed by atoms with Gasteiger partial charge in [-0.3, -0.25) is 9.48 Å². The Balaban J connectivity index is 1.58. The number of nitrogens with zero attached hydrogens (tertiary/aromatic N) is 2. The number of carbonyl (C=O) groups is 1. The van der Waals surface area contributed by atoms with Crippen molar-refractivity contribution in [3.05, 3.63) is 18.0 Å². The summed E-state index contributed by atoms with van der Waals surface area (Å²) in [6.45, 7) is 1.70. The van der Waals surface area contributed by atoms with Gasteiger partial charge >= 0.3 is 5.97 Å². The summed E-state index contributed by atoms with van der Waals surface area (Å²) in [5, 5.41) is 4.46. The molecular weight excluding hydrogens is 244 g/mol. The third-order valence-corrected chi connectivity index (χ3v) is 4.34. The Kier molecular flexibility index (Phi) is 3.55. The van der Waals surface area contributed by atoms with Gasteiger partial charge in [-0.25, -0.2) is 0 Å². The van der Waals surface area contributed by atoms with Crippen LogP contribution in [0.2, 0.25) is 0 Å². The topological polar surface area (TPSA) is 53.4 Å². The number of aromatic nitrogens is 2. The molecule has 2 heterocycles. The van der Waals surface area contributed by atoms with Crippen molar-refractivity contribution >= 4 is 5.97 Å². The molecule has 1 saturated heterocycles. The highest BCUT2D eigenvalue weighted by molar-refractivity contribution is 5.73. The van der Waals surface area contributed by atoms with Crippen LogP contribution in [0, 0.1) is 5.92 Å². The van der Waals surface area contributed by atoms with E-state index in [2.05, 4.69) is 11.3 Å². The Morgan fingerprint density at radius 3 is 2.84 bits per heavy atom. The van der Waals surface area contributed by atoms with Gasteiger partial charge in [-0.2, -0.15) is 5.10 Å². The van der Waals surface area contributed by atoms with E-state index in [4.69, 9.17) is 9.47 Å². The van der Waals surface area contributed by atoms with E-state index in [0.717, 1.165) is 38.9 Å². The van der Waals surface area contributed by atoms with E-state index in [0.29, 0.717) is 12.0 Å². The van der Waals surface area contributed by atoms with Crippen molar-refractivity contribution in [2.24, 2.45) is 5.92 Å². The van der Waals surface area contributed by atoms with Gasteiger partial charge < -0.3 is 9.47 Å². The van der Waals surface area contributed by atoms with Crippen LogP contribution in [0.15, 0.2) is 12.4 Å². The van der Waals surface area contributed by atoms with Crippen LogP contribution in [0.5, 0.6) is 0 Å². The van der Waals surface area contributed by atoms with Gasteiger partial charge in [0, 0.05) is 19.4 Å². The summed E-state index contributed by atoms with van der Waals surface area (Å²) >= 11 is 0. The molecule has 1 aliphatic heterocycles. The lowest BCUT2D eigenvalue weighted by Crippen LogP contribution is -2.33. The smallest absolute Gasteiger partial charge is 0.308 e. The molecule has 2 aliphatic rings. The maximum atomic E-state index is 11.4. The standard InChI is InChI=1S/C14H20N2O3/c1-18-14(17)11-6-13(7-11)16-9-12(8-15-16)10-2-4-19-5-3-10/h8-11,13H,2-7H2,1H3. The van der Waals surface area contributed by atoms with Gasteiger partial charge in [-0.15, -0.1) is 0 Å². The first kappa shape index (κ1) is 12.7. The molecule has 1 aliphatic carbocycles. The van der Waals surface area contributed by atoms with Crippen LogP contribution in [0.1, 0.15) is 43.2 Å². The molecule has 0 atom stereocenters. The van der Waals surface area contributed by atoms with Crippen LogP contribution in [0.25, 0.3) is 0 Å². The summed E-state index contributed by atoms with van der Waals surface area (Å²) < 4.78 is 12.2. The van der Waals surface area contributed by atoms with Gasteiger partial charge in [0.05, 0.1) is 25.3 Å². The first-order valence-electron chi connectivity index (χ1n) is 6.97. The maximum absolute atomic E-state index is 11.4. The number of esters is 1. The predicted octanol–water partition coefficient (Wildman–Crippen LogP) is 1.90. The number of hydrogen-bond acceptors (Lipinski definition) is 4. The first-order valence-corrected chi connectivity index (χ1v) is 6.97. The maximum Gasteiger partial charge on any atom is 0.308 e. The number of hydrogen-bond donors (Lipinski definition) is 0. The molecule has 0 spiro atoms. The summed E-state index contributed by atoms with van der Waals surface area (Å²) in [5.41, 5.74) is 1.31. The fourth-order valence-corrected chi connectivity index (χ4v) is 2.96. The van der Waals surface area contributed by atoms with Gasteiger partial charge in [-0.1, -0.05) is 0 Å². The zero-order valence-corrected chi connectivity index (χ0v) is 11.2. The fraction of sp³-hybridized carbons (Fsp3) is 0.714. The van der Waals surface area contributed by atoms with Crippen molar-refractivity contribution in [1.29, 1.82) is 0 Å². The van der Waals surface area contributed by atoms with Gasteiger partial charge in [0.15, 0.2) is 0 Å². The zero-order chi connectivity index (χ0) is 13.2. The number of ether oxygens (including phenoxy) is 2. The van der Waals surface area contributed by atoms with E-state index in [1.165, 1.54) is 12.7 Å².